The maximum absolute atomic E-state index is 14.4. The number of imidazole rings is 1. The molecule has 0 unspecified atom stereocenters. The summed E-state index contributed by atoms with van der Waals surface area (Å²) in [7, 11) is 6.45. The maximum atomic E-state index is 14.4. The van der Waals surface area contributed by atoms with Crippen molar-refractivity contribution in [2.45, 2.75) is 415 Å². The van der Waals surface area contributed by atoms with Crippen molar-refractivity contribution in [2.75, 3.05) is 48.3 Å². The molecular formula is C101H155N3O31. The Hall–Kier alpha value is -5.53. The number of aromatic nitrogens is 2. The number of hydrogen-bond acceptors (Lipinski definition) is 32. The van der Waals surface area contributed by atoms with Crippen LogP contribution in [0.3, 0.4) is 0 Å². The van der Waals surface area contributed by atoms with Gasteiger partial charge in [0.15, 0.2) is 42.6 Å². The second-order valence-electron chi connectivity index (χ2n) is 40.9. The lowest BCUT2D eigenvalue weighted by molar-refractivity contribution is -0.392. The Bertz CT molecular complexity index is 4390. The highest BCUT2D eigenvalue weighted by Gasteiger charge is 2.63. The monoisotopic (exact) mass is 1910 g/mol. The Kier molecular flexibility index (Phi) is 36.2. The predicted molar refractivity (Wildman–Crippen MR) is 491 cm³/mol. The molecule has 0 amide bonds. The number of aliphatic hydroxyl groups is 7. The van der Waals surface area contributed by atoms with Gasteiger partial charge in [0.1, 0.15) is 96.8 Å². The third-order valence-electron chi connectivity index (χ3n) is 30.9. The molecular weight excluding hydrogens is 1750 g/mol. The number of carbonyl (C=O) groups is 2. The standard InChI is InChI=1S/C48H74O14.C47H72O14.C6H9N3O3/c1-11-25(2)43-28(5)17-18-47(62-43)23-34-20-33(61-47)16-15-27(4)42(26(3)13-12-14-32-24-55-45-40(49)29(6)19-35(46(51)58-34)48(32,45)52)59-39-22-37(54-10)44(31(8)57-39)60-38-21-36(53-9)41(50)30(7)56-38;1-24(2)41-27(5)16-17-46(61-41)22-33-19-32(60-46)15-14-26(4)42(25(3)12-11-13-31-23-54-44-39(48)28(6)18-34(45(50)57-33)47(31,44)51)58-38-21-36(53-10)43(30(8)56-38)59-37-20-35(52-9)40(49)29(7)55-37;1-5-7-4-6(9(11)12)8(5)2-3-10/h12-15,19,25-26,28,30-31,33-45,49-50,52H,11,16-18,20-24H2,1-10H3;11-14,18,24-25,27,29-30,32-44,48-49,51H,15-17,19-23H2,1-10H3;4,10H,2-3H2,1H3/b13-12+,27-15+,32-14+;12-11+,26-14+,31-13+;/t25-,26-,28-,30-,31-,33+,34-,35-,36-,37-,38-,39-,40+,41-,42-,43+,44-,45+,47+,48+;25-,27-,29-,30-,32+,33-,34-,35-,36-,37-,38-,39+,40-,41+,42-,43-,44+,46+,47+;/m00./s1. The van der Waals surface area contributed by atoms with Crippen LogP contribution in [0.4, 0.5) is 5.82 Å². The summed E-state index contributed by atoms with van der Waals surface area (Å²) in [5.41, 5.74) is 0.372. The lowest BCUT2D eigenvalue weighted by Crippen LogP contribution is -2.58. The van der Waals surface area contributed by atoms with Crippen LogP contribution in [0.15, 0.2) is 100 Å². The van der Waals surface area contributed by atoms with E-state index in [-0.39, 0.29) is 86.6 Å². The molecule has 135 heavy (non-hydrogen) atoms. The lowest BCUT2D eigenvalue weighted by Gasteiger charge is -2.51. The molecule has 0 saturated carbocycles. The zero-order valence-corrected chi connectivity index (χ0v) is 82.8. The van der Waals surface area contributed by atoms with E-state index in [1.54, 1.807) is 87.4 Å². The van der Waals surface area contributed by atoms with Gasteiger partial charge in [0, 0.05) is 111 Å². The molecule has 14 aliphatic rings. The second kappa shape index (κ2) is 45.8. The fraction of sp³-hybridized carbons (Fsp3) is 0.792. The van der Waals surface area contributed by atoms with Crippen molar-refractivity contribution in [1.29, 1.82) is 0 Å². The number of esters is 2. The molecule has 34 heteroatoms. The van der Waals surface area contributed by atoms with Crippen LogP contribution in [0.5, 0.6) is 0 Å². The number of rotatable bonds is 18. The molecule has 15 rings (SSSR count). The summed E-state index contributed by atoms with van der Waals surface area (Å²) in [6, 6.07) is 0. The van der Waals surface area contributed by atoms with Crippen molar-refractivity contribution in [3.05, 3.63) is 116 Å². The summed E-state index contributed by atoms with van der Waals surface area (Å²) in [5, 5.41) is 87.4. The molecule has 13 heterocycles. The average Bonchev–Trinajstić information content (AvgIpc) is 1.60. The number of hydrogen-bond donors (Lipinski definition) is 7. The number of aryl methyl sites for hydroxylation is 1. The molecule has 1 aromatic heterocycles. The third kappa shape index (κ3) is 23.7. The van der Waals surface area contributed by atoms with Crippen molar-refractivity contribution in [1.82, 2.24) is 9.55 Å². The Labute approximate surface area is 795 Å². The van der Waals surface area contributed by atoms with Crippen molar-refractivity contribution >= 4 is 17.8 Å². The quantitative estimate of drug-likeness (QED) is 0.0311. The van der Waals surface area contributed by atoms with Crippen LogP contribution in [-0.2, 0) is 111 Å². The van der Waals surface area contributed by atoms with Crippen molar-refractivity contribution in [2.24, 2.45) is 47.3 Å². The molecule has 7 N–H and O–H groups in total. The van der Waals surface area contributed by atoms with E-state index < -0.39 is 187 Å². The minimum absolute atomic E-state index is 0.00708. The number of methoxy groups -OCH3 is 4. The van der Waals surface area contributed by atoms with E-state index >= 15 is 0 Å². The molecule has 4 bridgehead atoms. The predicted octanol–water partition coefficient (Wildman–Crippen LogP) is 10.9. The van der Waals surface area contributed by atoms with Gasteiger partial charge in [-0.2, -0.15) is 0 Å². The van der Waals surface area contributed by atoms with Crippen LogP contribution < -0.4 is 0 Å². The third-order valence-corrected chi connectivity index (χ3v) is 30.9. The highest BCUT2D eigenvalue weighted by atomic mass is 16.8. The van der Waals surface area contributed by atoms with E-state index in [9.17, 15) is 50.3 Å². The SMILES string of the molecule is CC[C@H](C)[C@H]1O[C@]2(CC[C@@H]1C)C[C@@H]1C[C@@H](C/C=C(\C)[C@@H](O[C@H]3C[C@H](OC)[C@@H](O[C@H]4C[C@H](OC)[C@@H](O)[C@H](C)O4)[C@H](C)O3)[C@@H](C)/C=C/C=C3\CO[C@@H]4[C@H](O)C(C)=C[C@@H](C(=O)O1)[C@]34O)O2.CO[C@H]1C[C@H](O[C@H]2[C@H](C)O[C@@H](O[C@@H]3/C(C)=C/C[C@@H]4C[C@@H](C[C@]5(CC[C@H](C)[C@@H](C(C)C)O5)O4)OC(=O)[C@@H]4C=C(C)[C@@H](O)[C@H]5OC/C(=C\C=C\[C@@H]3C)[C@]54O)C[C@@H]2OC)O[C@@H](C)[C@@H]1O.Cc1ncc([N+](=O)[O-])n1CCO. The van der Waals surface area contributed by atoms with Crippen molar-refractivity contribution in [3.63, 3.8) is 0 Å². The number of fused-ring (bicyclic) bond motifs is 4. The van der Waals surface area contributed by atoms with E-state index in [4.69, 9.17) is 99.8 Å². The van der Waals surface area contributed by atoms with Gasteiger partial charge in [-0.05, 0) is 143 Å². The Balaban J connectivity index is 0.000000203. The minimum Gasteiger partial charge on any atom is -0.462 e. The van der Waals surface area contributed by atoms with Crippen LogP contribution in [0.2, 0.25) is 0 Å². The van der Waals surface area contributed by atoms with Gasteiger partial charge in [0.05, 0.1) is 105 Å². The molecule has 0 radical (unpaired) electrons. The Morgan fingerprint density at radius 2 is 0.941 bits per heavy atom. The van der Waals surface area contributed by atoms with Gasteiger partial charge in [0.25, 0.3) is 0 Å². The average molecular weight is 1910 g/mol. The summed E-state index contributed by atoms with van der Waals surface area (Å²) in [4.78, 5) is 42.3. The number of ether oxygens (including phenoxy) is 20. The van der Waals surface area contributed by atoms with E-state index in [0.717, 1.165) is 30.4 Å². The van der Waals surface area contributed by atoms with Crippen molar-refractivity contribution in [3.8, 4) is 0 Å². The first-order valence-electron chi connectivity index (χ1n) is 49.2. The van der Waals surface area contributed by atoms with E-state index in [2.05, 4.69) is 86.4 Å². The smallest absolute Gasteiger partial charge is 0.342 e. The van der Waals surface area contributed by atoms with Crippen LogP contribution in [-0.4, -0.2) is 305 Å². The summed E-state index contributed by atoms with van der Waals surface area (Å²) in [6.45, 7) is 34.2. The highest BCUT2D eigenvalue weighted by Crippen LogP contribution is 2.52. The lowest BCUT2D eigenvalue weighted by atomic mass is 9.71. The zero-order chi connectivity index (χ0) is 97.8. The number of allylic oxidation sites excluding steroid dienone is 4. The Morgan fingerprint density at radius 1 is 0.541 bits per heavy atom. The normalized spacial score (nSPS) is 46.0. The number of aliphatic hydroxyl groups excluding tert-OH is 5. The molecule has 39 atom stereocenters. The first-order valence-corrected chi connectivity index (χ1v) is 49.2. The number of nitrogens with zero attached hydrogens (tertiary/aromatic N) is 3. The van der Waals surface area contributed by atoms with Gasteiger partial charge >= 0.3 is 17.8 Å². The zero-order valence-electron chi connectivity index (χ0n) is 82.8. The molecule has 760 valence electrons. The fourth-order valence-corrected chi connectivity index (χ4v) is 22.8. The molecule has 1 aromatic rings. The van der Waals surface area contributed by atoms with Gasteiger partial charge in [-0.1, -0.05) is 123 Å². The maximum Gasteiger partial charge on any atom is 0.342 e. The van der Waals surface area contributed by atoms with Crippen LogP contribution in [0.1, 0.15) is 213 Å². The number of carbonyl (C=O) groups excluding carboxylic acids is 2. The topological polar surface area (TPSA) is 421 Å². The summed E-state index contributed by atoms with van der Waals surface area (Å²) < 4.78 is 129. The molecule has 34 nitrogen and oxygen atoms in total. The Morgan fingerprint density at radius 3 is 1.34 bits per heavy atom. The van der Waals surface area contributed by atoms with Gasteiger partial charge in [-0.15, -0.1) is 0 Å². The molecule has 2 aliphatic carbocycles. The summed E-state index contributed by atoms with van der Waals surface area (Å²) >= 11 is 0. The van der Waals surface area contributed by atoms with Gasteiger partial charge < -0.3 is 141 Å². The van der Waals surface area contributed by atoms with Gasteiger partial charge in [0.2, 0.25) is 0 Å². The molecule has 12 aliphatic heterocycles. The first-order chi connectivity index (χ1) is 64.1. The van der Waals surface area contributed by atoms with Gasteiger partial charge in [-0.3, -0.25) is 9.59 Å². The molecule has 0 aromatic carbocycles. The van der Waals surface area contributed by atoms with Crippen LogP contribution in [0, 0.1) is 64.4 Å². The van der Waals surface area contributed by atoms with Crippen LogP contribution in [0.25, 0.3) is 0 Å². The number of nitro groups is 1. The van der Waals surface area contributed by atoms with E-state index in [0.29, 0.717) is 123 Å². The summed E-state index contributed by atoms with van der Waals surface area (Å²) in [6.07, 6.45) is 13.2. The van der Waals surface area contributed by atoms with Crippen LogP contribution >= 0.6 is 0 Å². The second-order valence-corrected chi connectivity index (χ2v) is 40.9. The molecule has 10 fully saturated rings. The molecule has 10 saturated heterocycles. The highest BCUT2D eigenvalue weighted by molar-refractivity contribution is 5.79. The van der Waals surface area contributed by atoms with E-state index in [1.807, 2.05) is 38.2 Å². The molecule has 2 spiro atoms. The largest absolute Gasteiger partial charge is 0.462 e. The fourth-order valence-electron chi connectivity index (χ4n) is 22.8. The van der Waals surface area contributed by atoms with Gasteiger partial charge in [-0.25, -0.2) is 9.55 Å². The van der Waals surface area contributed by atoms with Crippen molar-refractivity contribution < 1.29 is 145 Å². The minimum atomic E-state index is -1.82. The first kappa shape index (κ1) is 107. The van der Waals surface area contributed by atoms with E-state index in [1.165, 1.54) is 10.8 Å². The summed E-state index contributed by atoms with van der Waals surface area (Å²) in [5.74, 6) is -3.80.